The number of nitrogens with zero attached hydrogens (tertiary/aromatic N) is 6. The van der Waals surface area contributed by atoms with Gasteiger partial charge in [-0.2, -0.15) is 34.5 Å². The first-order chi connectivity index (χ1) is 42.0. The number of rotatable bonds is 33. The summed E-state index contributed by atoms with van der Waals surface area (Å²) in [5, 5.41) is 13.2. The molecule has 1 amide bonds. The van der Waals surface area contributed by atoms with Crippen LogP contribution in [0.15, 0.2) is 82.8 Å². The van der Waals surface area contributed by atoms with E-state index >= 15 is 0 Å². The highest BCUT2D eigenvalue weighted by Gasteiger charge is 2.51. The molecule has 36 nitrogen and oxygen atoms in total. The largest absolute Gasteiger partial charge is 0.744 e. The van der Waals surface area contributed by atoms with Gasteiger partial charge >= 0.3 is 46.9 Å². The molecule has 4 aromatic rings. The van der Waals surface area contributed by atoms with Crippen LogP contribution in [0.1, 0.15) is 110 Å². The van der Waals surface area contributed by atoms with Crippen molar-refractivity contribution in [1.82, 2.24) is 24.8 Å². The Morgan fingerprint density at radius 1 is 0.780 bits per heavy atom. The number of ether oxygens (including phenoxy) is 1. The third-order valence-electron chi connectivity index (χ3n) is 14.4. The Balaban J connectivity index is 0.801. The number of nitrogens with two attached hydrogens (primary N) is 1. The van der Waals surface area contributed by atoms with E-state index in [1.165, 1.54) is 35.2 Å². The molecule has 5 heterocycles. The summed E-state index contributed by atoms with van der Waals surface area (Å²) in [6.45, 7) is 9.24. The van der Waals surface area contributed by atoms with E-state index in [9.17, 15) is 92.6 Å². The van der Waals surface area contributed by atoms with Crippen molar-refractivity contribution >= 4 is 107 Å². The fraction of sp³-hybridized carbons (Fsp3) is 0.511. The summed E-state index contributed by atoms with van der Waals surface area (Å²) in [6, 6.07) is 8.70. The molecule has 0 aliphatic carbocycles. The molecule has 44 heteroatoms. The second kappa shape index (κ2) is 28.6. The highest BCUT2D eigenvalue weighted by Crippen LogP contribution is 2.75. The van der Waals surface area contributed by atoms with Crippen molar-refractivity contribution in [1.29, 1.82) is 0 Å². The van der Waals surface area contributed by atoms with Crippen LogP contribution in [0, 0.1) is 0 Å². The lowest BCUT2D eigenvalue weighted by Crippen LogP contribution is -2.28. The number of allylic oxidation sites excluding steroid dienone is 4. The maximum absolute atomic E-state index is 12.7. The van der Waals surface area contributed by atoms with E-state index in [2.05, 4.69) is 55.4 Å². The average Bonchev–Trinajstić information content (AvgIpc) is 1.61. The normalized spacial score (nSPS) is 22.7. The van der Waals surface area contributed by atoms with Crippen LogP contribution < -0.4 is 16.0 Å². The molecular formula is C47H68N8O28P6S2. The number of carbonyl (C=O) groups is 1. The van der Waals surface area contributed by atoms with Crippen LogP contribution in [-0.4, -0.2) is 141 Å². The quantitative estimate of drug-likeness (QED) is 0.0105. The maximum Gasteiger partial charge on any atom is 0.490 e. The van der Waals surface area contributed by atoms with Gasteiger partial charge in [-0.05, 0) is 88.4 Å². The molecule has 3 aliphatic rings. The van der Waals surface area contributed by atoms with Gasteiger partial charge < -0.3 is 59.7 Å². The molecule has 2 aromatic heterocycles. The molecule has 91 heavy (non-hydrogen) atoms. The Bertz CT molecular complexity index is 4060. The molecule has 9 atom stereocenters. The molecule has 0 spiro atoms. The highest BCUT2D eigenvalue weighted by molar-refractivity contribution is 7.86. The summed E-state index contributed by atoms with van der Waals surface area (Å²) in [5.41, 5.74) is 9.15. The summed E-state index contributed by atoms with van der Waals surface area (Å²) in [4.78, 5) is 85.4. The second-order valence-electron chi connectivity index (χ2n) is 21.7. The monoisotopic (exact) mass is 1440 g/mol. The number of carbonyl (C=O) groups excluding carboxylic acids is 1. The standard InChI is InChI=1S/C47H68N8O28P6S2/c1-6-53-35-20-18-31(90(70,71)72)25-33(35)46(2,3)39(53)15-14-16-40-47(4,5)34-26-32(91(73,74)75)19-21-36(34)54(40)23-12-9-10-17-41(57)49-22-11-7-8-13-24-76-84(58,59)79-86(62,63)81-88(66,67)83-89(68,69)82-87(64,65)80-85(60,61)77-28-38-37(56)27-42(78-38)55-30-52-43-44(48)50-29-51-45(43)55/h14-16,18-21,25-26,29-30,37-38,42,56H,6-13,17,22-24,27-28H2,1-5H3,(H10-,48,49,50,51,57,58,59,60,61,62,63,64,65,66,67,68,69,70,71,72,73,74,75)/t37-,38+,42+/m0/s1. The zero-order valence-corrected chi connectivity index (χ0v) is 56.0. The van der Waals surface area contributed by atoms with Crippen LogP contribution in [0.5, 0.6) is 0 Å². The predicted molar refractivity (Wildman–Crippen MR) is 317 cm³/mol. The van der Waals surface area contributed by atoms with Crippen molar-refractivity contribution in [2.75, 3.05) is 43.5 Å². The Morgan fingerprint density at radius 3 is 1.98 bits per heavy atom. The van der Waals surface area contributed by atoms with Gasteiger partial charge in [-0.1, -0.05) is 32.8 Å². The van der Waals surface area contributed by atoms with E-state index in [-0.39, 0.29) is 58.5 Å². The molecule has 11 N–H and O–H groups in total. The molecule has 1 fully saturated rings. The van der Waals surface area contributed by atoms with E-state index in [1.54, 1.807) is 12.1 Å². The highest BCUT2D eigenvalue weighted by atomic mass is 32.2. The van der Waals surface area contributed by atoms with Gasteiger partial charge in [0.1, 0.15) is 40.8 Å². The van der Waals surface area contributed by atoms with Gasteiger partial charge in [0.05, 0.1) is 40.9 Å². The zero-order valence-electron chi connectivity index (χ0n) is 49.0. The number of phosphoric ester groups is 2. The number of aromatic nitrogens is 4. The maximum atomic E-state index is 12.7. The van der Waals surface area contributed by atoms with Crippen LogP contribution in [0.25, 0.3) is 11.2 Å². The predicted octanol–water partition coefficient (Wildman–Crippen LogP) is 6.50. The number of aliphatic hydroxyl groups is 1. The number of nitrogen functional groups attached to an aromatic ring is 1. The number of amides is 1. The number of aliphatic hydroxyl groups excluding tert-OH is 1. The van der Waals surface area contributed by atoms with Crippen molar-refractivity contribution < 1.29 is 133 Å². The summed E-state index contributed by atoms with van der Waals surface area (Å²) in [5.74, 6) is -0.213. The number of fused-ring (bicyclic) bond motifs is 3. The van der Waals surface area contributed by atoms with Crippen molar-refractivity contribution in [3.63, 3.8) is 0 Å². The number of hydrogen-bond donors (Lipinski definition) is 10. The number of hydrogen-bond acceptors (Lipinski definition) is 26. The van der Waals surface area contributed by atoms with Gasteiger partial charge in [0.2, 0.25) is 11.6 Å². The van der Waals surface area contributed by atoms with E-state index in [4.69, 9.17) is 10.5 Å². The molecule has 7 rings (SSSR count). The molecule has 2 aromatic carbocycles. The molecule has 3 aliphatic heterocycles. The van der Waals surface area contributed by atoms with Crippen LogP contribution in [0.4, 0.5) is 17.2 Å². The lowest BCUT2D eigenvalue weighted by atomic mass is 9.81. The summed E-state index contributed by atoms with van der Waals surface area (Å²) in [7, 11) is -46.4. The Labute approximate surface area is 521 Å². The number of unbranched alkanes of at least 4 members (excludes halogenated alkanes) is 5. The number of nitrogens with one attached hydrogen (secondary N) is 1. The molecule has 6 unspecified atom stereocenters. The first kappa shape index (κ1) is 74.2. The van der Waals surface area contributed by atoms with Gasteiger partial charge in [-0.25, -0.2) is 50.8 Å². The van der Waals surface area contributed by atoms with E-state index in [0.717, 1.165) is 29.1 Å². The number of benzene rings is 2. The minimum atomic E-state index is -6.52. The Morgan fingerprint density at radius 2 is 1.36 bits per heavy atom. The Kier molecular flexibility index (Phi) is 23.4. The van der Waals surface area contributed by atoms with Crippen LogP contribution in [-0.2, 0) is 98.6 Å². The molecule has 0 radical (unpaired) electrons. The number of phosphoric acid groups is 6. The third kappa shape index (κ3) is 19.3. The summed E-state index contributed by atoms with van der Waals surface area (Å²) < 4.78 is 181. The fourth-order valence-electron chi connectivity index (χ4n) is 10.3. The van der Waals surface area contributed by atoms with Gasteiger partial charge in [0, 0.05) is 66.9 Å². The molecular weight excluding hydrogens is 1370 g/mol. The molecule has 506 valence electrons. The number of imidazole rings is 1. The van der Waals surface area contributed by atoms with Gasteiger partial charge in [-0.3, -0.25) is 23.0 Å². The fourth-order valence-corrected chi connectivity index (χ4v) is 19.1. The SMILES string of the molecule is CCN1/C(=C/C=C/C2=[N+](CCCCCC(=O)NCCCCCCOP(=O)(O)OP(=O)(O)OP(=O)(O)OP(=O)(O)OP(=O)(O)OP(=O)(O)OC[C@H]3O[C@@H](n4cnc5c(N)ncnc54)C[C@@H]3O)c3ccc(S(=O)(=O)O)cc3C2(C)C)C(C)(C)c2cc(S(=O)(=O)[O-])ccc21. The Hall–Kier alpha value is -4.19. The van der Waals surface area contributed by atoms with Crippen LogP contribution in [0.2, 0.25) is 0 Å². The topological polar surface area (TPSA) is 534 Å². The zero-order chi connectivity index (χ0) is 67.6. The van der Waals surface area contributed by atoms with Crippen molar-refractivity contribution in [3.05, 3.63) is 84.1 Å². The minimum absolute atomic E-state index is 0.0196. The third-order valence-corrected chi connectivity index (χ3v) is 25.3. The van der Waals surface area contributed by atoms with Gasteiger partial charge in [0.25, 0.3) is 10.1 Å². The molecule has 0 saturated carbocycles. The number of likely N-dealkylation sites (N-methyl/N-ethyl adjacent to an activating group) is 1. The van der Waals surface area contributed by atoms with Crippen LogP contribution >= 0.6 is 46.9 Å². The second-order valence-corrected chi connectivity index (χ2v) is 33.9. The van der Waals surface area contributed by atoms with Crippen molar-refractivity contribution in [3.8, 4) is 0 Å². The van der Waals surface area contributed by atoms with Gasteiger partial charge in [-0.15, -0.1) is 0 Å². The van der Waals surface area contributed by atoms with Crippen molar-refractivity contribution in [2.45, 2.75) is 131 Å². The number of anilines is 2. The van der Waals surface area contributed by atoms with Gasteiger partial charge in [0.15, 0.2) is 17.2 Å². The van der Waals surface area contributed by atoms with Crippen LogP contribution in [0.3, 0.4) is 0 Å². The first-order valence-corrected chi connectivity index (χ1v) is 39.2. The van der Waals surface area contributed by atoms with E-state index in [1.807, 2.05) is 57.7 Å². The molecule has 1 saturated heterocycles. The van der Waals surface area contributed by atoms with E-state index in [0.29, 0.717) is 62.7 Å². The average molecular weight is 1440 g/mol. The lowest BCUT2D eigenvalue weighted by molar-refractivity contribution is -0.438. The van der Waals surface area contributed by atoms with Crippen molar-refractivity contribution in [2.24, 2.45) is 0 Å². The smallest absolute Gasteiger partial charge is 0.490 e. The van der Waals surface area contributed by atoms with E-state index < -0.39 is 110 Å². The first-order valence-electron chi connectivity index (χ1n) is 27.4. The summed E-state index contributed by atoms with van der Waals surface area (Å²) in [6.07, 6.45) is 7.16. The lowest BCUT2D eigenvalue weighted by Gasteiger charge is -2.25. The summed E-state index contributed by atoms with van der Waals surface area (Å²) >= 11 is 0. The molecule has 0 bridgehead atoms. The minimum Gasteiger partial charge on any atom is -0.744 e.